The highest BCUT2D eigenvalue weighted by atomic mass is 35.5. The molecule has 24 heavy (non-hydrogen) atoms. The van der Waals surface area contributed by atoms with Crippen LogP contribution in [0.15, 0.2) is 47.1 Å². The molecular formula is C17H22ClN3O3. The van der Waals surface area contributed by atoms with Crippen molar-refractivity contribution in [2.75, 3.05) is 5.32 Å². The maximum Gasteiger partial charge on any atom is 0.291 e. The monoisotopic (exact) mass is 351 g/mol. The lowest BCUT2D eigenvalue weighted by molar-refractivity contribution is -0.123. The second kappa shape index (κ2) is 9.10. The van der Waals surface area contributed by atoms with Crippen LogP contribution in [0.5, 0.6) is 0 Å². The Balaban J connectivity index is 0.00000288. The molecule has 0 aliphatic rings. The molecule has 4 N–H and O–H groups in total. The molecule has 2 aromatic rings. The van der Waals surface area contributed by atoms with E-state index in [1.165, 1.54) is 6.26 Å². The van der Waals surface area contributed by atoms with Crippen molar-refractivity contribution in [3.05, 3.63) is 54.0 Å². The van der Waals surface area contributed by atoms with Crippen molar-refractivity contribution >= 4 is 29.9 Å². The van der Waals surface area contributed by atoms with E-state index in [1.807, 2.05) is 26.0 Å². The zero-order valence-corrected chi connectivity index (χ0v) is 14.4. The number of carbonyl (C=O) groups is 2. The summed E-state index contributed by atoms with van der Waals surface area (Å²) in [4.78, 5) is 23.6. The number of nitrogens with two attached hydrogens (primary N) is 1. The molecule has 130 valence electrons. The van der Waals surface area contributed by atoms with Gasteiger partial charge in [-0.05, 0) is 35.7 Å². The Bertz CT molecular complexity index is 654. The Morgan fingerprint density at radius 3 is 2.38 bits per heavy atom. The third kappa shape index (κ3) is 5.40. The van der Waals surface area contributed by atoms with Crippen LogP contribution in [0.1, 0.15) is 30.0 Å². The summed E-state index contributed by atoms with van der Waals surface area (Å²) < 4.78 is 5.03. The van der Waals surface area contributed by atoms with Crippen LogP contribution in [0.3, 0.4) is 0 Å². The van der Waals surface area contributed by atoms with E-state index >= 15 is 0 Å². The van der Waals surface area contributed by atoms with Gasteiger partial charge in [0.2, 0.25) is 5.91 Å². The standard InChI is InChI=1S/C17H21N3O3.ClH/c1-11(2)15(18)17(22)19-10-12-5-7-13(8-6-12)20-16(21)14-4-3-9-23-14;/h3-9,11,15H,10,18H2,1-2H3,(H,19,22)(H,20,21);1H/t15-;/m1./s1. The summed E-state index contributed by atoms with van der Waals surface area (Å²) in [7, 11) is 0. The number of anilines is 1. The lowest BCUT2D eigenvalue weighted by Gasteiger charge is -2.15. The number of benzene rings is 1. The van der Waals surface area contributed by atoms with E-state index in [2.05, 4.69) is 10.6 Å². The second-order valence-corrected chi connectivity index (χ2v) is 5.62. The van der Waals surface area contributed by atoms with Gasteiger partial charge in [0, 0.05) is 12.2 Å². The van der Waals surface area contributed by atoms with Gasteiger partial charge >= 0.3 is 0 Å². The minimum atomic E-state index is -0.512. The Kier molecular flexibility index (Phi) is 7.48. The summed E-state index contributed by atoms with van der Waals surface area (Å²) >= 11 is 0. The number of halogens is 1. The molecule has 0 radical (unpaired) electrons. The number of hydrogen-bond donors (Lipinski definition) is 3. The van der Waals surface area contributed by atoms with Gasteiger partial charge in [0.25, 0.3) is 5.91 Å². The molecule has 6 nitrogen and oxygen atoms in total. The van der Waals surface area contributed by atoms with Crippen molar-refractivity contribution in [2.45, 2.75) is 26.4 Å². The number of carbonyl (C=O) groups excluding carboxylic acids is 2. The van der Waals surface area contributed by atoms with Gasteiger partial charge in [-0.2, -0.15) is 0 Å². The molecule has 0 aliphatic carbocycles. The highest BCUT2D eigenvalue weighted by Gasteiger charge is 2.16. The van der Waals surface area contributed by atoms with E-state index in [1.54, 1.807) is 24.3 Å². The molecule has 1 aromatic carbocycles. The number of amides is 2. The average Bonchev–Trinajstić information content (AvgIpc) is 3.07. The molecule has 0 aliphatic heterocycles. The Hall–Kier alpha value is -2.31. The predicted octanol–water partition coefficient (Wildman–Crippen LogP) is 2.55. The molecule has 0 saturated heterocycles. The first-order valence-electron chi connectivity index (χ1n) is 7.44. The fourth-order valence-corrected chi connectivity index (χ4v) is 1.92. The maximum atomic E-state index is 11.8. The zero-order chi connectivity index (χ0) is 16.8. The summed E-state index contributed by atoms with van der Waals surface area (Å²) in [6.45, 7) is 4.20. The van der Waals surface area contributed by atoms with Crippen LogP contribution < -0.4 is 16.4 Å². The van der Waals surface area contributed by atoms with E-state index in [4.69, 9.17) is 10.2 Å². The normalized spacial score (nSPS) is 11.5. The van der Waals surface area contributed by atoms with Gasteiger partial charge < -0.3 is 20.8 Å². The molecule has 0 bridgehead atoms. The lowest BCUT2D eigenvalue weighted by atomic mass is 10.0. The average molecular weight is 352 g/mol. The van der Waals surface area contributed by atoms with Crippen LogP contribution in [0.2, 0.25) is 0 Å². The fraction of sp³-hybridized carbons (Fsp3) is 0.294. The van der Waals surface area contributed by atoms with Gasteiger partial charge in [0.15, 0.2) is 5.76 Å². The van der Waals surface area contributed by atoms with Crippen LogP contribution >= 0.6 is 12.4 Å². The zero-order valence-electron chi connectivity index (χ0n) is 13.6. The summed E-state index contributed by atoms with van der Waals surface area (Å²) in [6.07, 6.45) is 1.45. The molecule has 2 amide bonds. The van der Waals surface area contributed by atoms with Crippen molar-refractivity contribution in [1.82, 2.24) is 5.32 Å². The first-order chi connectivity index (χ1) is 11.0. The van der Waals surface area contributed by atoms with Crippen molar-refractivity contribution < 1.29 is 14.0 Å². The molecule has 1 atom stereocenters. The van der Waals surface area contributed by atoms with Crippen molar-refractivity contribution in [1.29, 1.82) is 0 Å². The minimum Gasteiger partial charge on any atom is -0.459 e. The summed E-state index contributed by atoms with van der Waals surface area (Å²) in [6, 6.07) is 9.94. The van der Waals surface area contributed by atoms with Crippen LogP contribution in [0.4, 0.5) is 5.69 Å². The molecule has 1 aromatic heterocycles. The Morgan fingerprint density at radius 2 is 1.83 bits per heavy atom. The summed E-state index contributed by atoms with van der Waals surface area (Å²) in [5, 5.41) is 5.53. The molecule has 2 rings (SSSR count). The lowest BCUT2D eigenvalue weighted by Crippen LogP contribution is -2.43. The van der Waals surface area contributed by atoms with Gasteiger partial charge in [-0.15, -0.1) is 12.4 Å². The Morgan fingerprint density at radius 1 is 1.17 bits per heavy atom. The third-order valence-corrected chi connectivity index (χ3v) is 3.44. The first-order valence-corrected chi connectivity index (χ1v) is 7.44. The molecule has 0 unspecified atom stereocenters. The van der Waals surface area contributed by atoms with Crippen LogP contribution in [-0.2, 0) is 11.3 Å². The second-order valence-electron chi connectivity index (χ2n) is 5.62. The third-order valence-electron chi connectivity index (χ3n) is 3.44. The fourth-order valence-electron chi connectivity index (χ4n) is 1.92. The quantitative estimate of drug-likeness (QED) is 0.745. The molecule has 7 heteroatoms. The number of furan rings is 1. The number of rotatable bonds is 6. The van der Waals surface area contributed by atoms with E-state index in [-0.39, 0.29) is 35.9 Å². The van der Waals surface area contributed by atoms with E-state index in [9.17, 15) is 9.59 Å². The Labute approximate surface area is 147 Å². The van der Waals surface area contributed by atoms with Gasteiger partial charge in [-0.3, -0.25) is 9.59 Å². The SMILES string of the molecule is CC(C)[C@@H](N)C(=O)NCc1ccc(NC(=O)c2ccco2)cc1.Cl. The van der Waals surface area contributed by atoms with Crippen LogP contribution in [-0.4, -0.2) is 17.9 Å². The van der Waals surface area contributed by atoms with E-state index < -0.39 is 6.04 Å². The van der Waals surface area contributed by atoms with Gasteiger partial charge in [-0.25, -0.2) is 0 Å². The van der Waals surface area contributed by atoms with E-state index in [0.29, 0.717) is 12.2 Å². The van der Waals surface area contributed by atoms with Gasteiger partial charge in [0.1, 0.15) is 0 Å². The minimum absolute atomic E-state index is 0. The molecule has 1 heterocycles. The summed E-state index contributed by atoms with van der Waals surface area (Å²) in [5.41, 5.74) is 7.36. The molecule has 0 fully saturated rings. The first kappa shape index (κ1) is 19.7. The van der Waals surface area contributed by atoms with Crippen molar-refractivity contribution in [2.24, 2.45) is 11.7 Å². The van der Waals surface area contributed by atoms with Crippen molar-refractivity contribution in [3.8, 4) is 0 Å². The predicted molar refractivity (Wildman–Crippen MR) is 95.0 cm³/mol. The highest BCUT2D eigenvalue weighted by Crippen LogP contribution is 2.12. The maximum absolute atomic E-state index is 11.8. The molecule has 0 saturated carbocycles. The van der Waals surface area contributed by atoms with Gasteiger partial charge in [0.05, 0.1) is 12.3 Å². The van der Waals surface area contributed by atoms with Crippen molar-refractivity contribution in [3.63, 3.8) is 0 Å². The number of hydrogen-bond acceptors (Lipinski definition) is 4. The smallest absolute Gasteiger partial charge is 0.291 e. The summed E-state index contributed by atoms with van der Waals surface area (Å²) in [5.74, 6) is -0.132. The number of nitrogens with one attached hydrogen (secondary N) is 2. The highest BCUT2D eigenvalue weighted by molar-refractivity contribution is 6.02. The van der Waals surface area contributed by atoms with E-state index in [0.717, 1.165) is 5.56 Å². The topological polar surface area (TPSA) is 97.4 Å². The largest absolute Gasteiger partial charge is 0.459 e. The molecule has 0 spiro atoms. The molecular weight excluding hydrogens is 330 g/mol. The van der Waals surface area contributed by atoms with Crippen LogP contribution in [0, 0.1) is 5.92 Å². The van der Waals surface area contributed by atoms with Gasteiger partial charge in [-0.1, -0.05) is 26.0 Å². The van der Waals surface area contributed by atoms with Crippen LogP contribution in [0.25, 0.3) is 0 Å².